The molecule has 3 aliphatic rings. The molecule has 30 nitrogen and oxygen atoms in total. The molecule has 0 bridgehead atoms. The Morgan fingerprint density at radius 2 is 0.897 bits per heavy atom. The summed E-state index contributed by atoms with van der Waals surface area (Å²) in [6.45, 7) is -3.19. The largest absolute Gasteiger partial charge is 0.394 e. The van der Waals surface area contributed by atoms with Crippen molar-refractivity contribution in [2.24, 2.45) is 5.73 Å². The third-order valence-electron chi connectivity index (χ3n) is 13.4. The molecule has 17 atom stereocenters. The number of rotatable bonds is 38. The van der Waals surface area contributed by atoms with E-state index >= 15 is 0 Å². The highest BCUT2D eigenvalue weighted by molar-refractivity contribution is 5.87. The number of Topliss-reactive ketones (excluding diaryl/α,β-unsaturated/α-hetero) is 2. The van der Waals surface area contributed by atoms with E-state index in [1.165, 1.54) is 11.8 Å². The second-order valence-electron chi connectivity index (χ2n) is 19.5. The molecule has 3 aliphatic heterocycles. The van der Waals surface area contributed by atoms with Crippen LogP contribution >= 0.6 is 0 Å². The molecule has 30 heteroatoms. The van der Waals surface area contributed by atoms with E-state index in [4.69, 9.17) is 34.2 Å². The maximum absolute atomic E-state index is 14.1. The average Bonchev–Trinajstić information content (AvgIpc) is 3.42. The number of carbonyl (C=O) groups is 6. The molecule has 18 N–H and O–H groups in total. The van der Waals surface area contributed by atoms with Gasteiger partial charge in [-0.25, -0.2) is 0 Å². The van der Waals surface area contributed by atoms with Crippen molar-refractivity contribution in [2.45, 2.75) is 188 Å². The van der Waals surface area contributed by atoms with E-state index in [0.29, 0.717) is 45.1 Å². The van der Waals surface area contributed by atoms with E-state index in [9.17, 15) is 90.0 Å². The Balaban J connectivity index is 1.70. The van der Waals surface area contributed by atoms with Crippen LogP contribution < -0.4 is 27.0 Å². The highest BCUT2D eigenvalue weighted by Gasteiger charge is 2.46. The van der Waals surface area contributed by atoms with Crippen molar-refractivity contribution in [3.8, 4) is 0 Å². The fourth-order valence-electron chi connectivity index (χ4n) is 8.76. The van der Waals surface area contributed by atoms with E-state index in [-0.39, 0.29) is 89.0 Å². The van der Waals surface area contributed by atoms with Crippen molar-refractivity contribution in [2.75, 3.05) is 78.9 Å². The fourth-order valence-corrected chi connectivity index (χ4v) is 8.76. The van der Waals surface area contributed by atoms with Crippen LogP contribution in [0.15, 0.2) is 0 Å². The number of aliphatic hydroxyl groups excluding tert-OH is 12. The summed E-state index contributed by atoms with van der Waals surface area (Å²) in [7, 11) is 0. The lowest BCUT2D eigenvalue weighted by Gasteiger charge is -2.39. The molecule has 0 saturated carbocycles. The molecule has 3 rings (SSSR count). The Labute approximate surface area is 451 Å². The van der Waals surface area contributed by atoms with Gasteiger partial charge in [0.15, 0.2) is 24.7 Å². The normalized spacial score (nSPS) is 30.1. The zero-order chi connectivity index (χ0) is 57.9. The van der Waals surface area contributed by atoms with Gasteiger partial charge in [0, 0.05) is 38.9 Å². The summed E-state index contributed by atoms with van der Waals surface area (Å²) < 4.78 is 32.4. The number of ketones is 2. The molecule has 3 fully saturated rings. The van der Waals surface area contributed by atoms with Gasteiger partial charge in [0.05, 0.1) is 64.8 Å². The van der Waals surface area contributed by atoms with Gasteiger partial charge in [-0.05, 0) is 58.4 Å². The van der Waals surface area contributed by atoms with Crippen LogP contribution in [0.4, 0.5) is 0 Å². The maximum atomic E-state index is 14.1. The molecule has 0 aromatic carbocycles. The molecule has 0 aliphatic carbocycles. The molecule has 0 radical (unpaired) electrons. The number of carbonyl (C=O) groups excluding carboxylic acids is 6. The summed E-state index contributed by atoms with van der Waals surface area (Å²) in [5.74, 6) is -2.69. The molecular formula is C48H86N6O24. The quantitative estimate of drug-likeness (QED) is 0.0255. The first-order valence-electron chi connectivity index (χ1n) is 26.5. The predicted octanol–water partition coefficient (Wildman–Crippen LogP) is -8.26. The molecule has 78 heavy (non-hydrogen) atoms. The lowest BCUT2D eigenvalue weighted by molar-refractivity contribution is -0.300. The number of aliphatic hydroxyl groups is 12. The Morgan fingerprint density at radius 3 is 1.31 bits per heavy atom. The minimum absolute atomic E-state index is 0.0111. The third-order valence-corrected chi connectivity index (χ3v) is 13.4. The van der Waals surface area contributed by atoms with Gasteiger partial charge in [-0.2, -0.15) is 0 Å². The number of nitrogens with two attached hydrogens (primary N) is 1. The lowest BCUT2D eigenvalue weighted by Crippen LogP contribution is -2.59. The first-order valence-corrected chi connectivity index (χ1v) is 26.5. The maximum Gasteiger partial charge on any atom is 0.237 e. The topological polar surface area (TPSA) is 478 Å². The third kappa shape index (κ3) is 22.8. The van der Waals surface area contributed by atoms with Gasteiger partial charge in [-0.1, -0.05) is 12.8 Å². The monoisotopic (exact) mass is 1130 g/mol. The van der Waals surface area contributed by atoms with Gasteiger partial charge in [0.2, 0.25) is 23.6 Å². The van der Waals surface area contributed by atoms with Gasteiger partial charge in [-0.15, -0.1) is 0 Å². The molecule has 0 aromatic heterocycles. The van der Waals surface area contributed by atoms with Crippen LogP contribution in [-0.4, -0.2) is 284 Å². The fraction of sp³-hybridized carbons (Fsp3) is 0.875. The van der Waals surface area contributed by atoms with Gasteiger partial charge >= 0.3 is 0 Å². The Kier molecular flexibility index (Phi) is 32.3. The molecule has 3 heterocycles. The highest BCUT2D eigenvalue weighted by atomic mass is 16.7. The van der Waals surface area contributed by atoms with Crippen molar-refractivity contribution in [1.82, 2.24) is 26.2 Å². The van der Waals surface area contributed by atoms with E-state index in [0.717, 1.165) is 6.42 Å². The standard InChI is InChI=1S/C48H86N6O24/c1-26(58)28(11-7-8-14-49)53-33(60)13-6-5-10-27(59)9-3-2-4-12-29(45(72)52-17-20-75-48-44(71)41(68)38(65)32(25-57)78-48)54(21-34(61)50-15-18-73-46-42(69)39(66)36(63)30(23-55)76-46)22-35(62)51-16-19-74-47-43(70)40(67)37(64)31(24-56)77-47/h28-32,36-44,46-48,55-57,63-71H,2-25,49H2,1H3,(H,50,61)(H,51,62)(H,52,72)(H,53,60)/t28-,29+,30+,31+,32+,36+,37+,38+,39-,40-,41-,42-,43-,44-,46-,47-,48-/m0/s1. The molecule has 4 amide bonds. The minimum Gasteiger partial charge on any atom is -0.394 e. The Morgan fingerprint density at radius 1 is 0.500 bits per heavy atom. The summed E-state index contributed by atoms with van der Waals surface area (Å²) >= 11 is 0. The van der Waals surface area contributed by atoms with Crippen molar-refractivity contribution < 1.29 is 118 Å². The van der Waals surface area contributed by atoms with E-state index in [1.807, 2.05) is 0 Å². The number of ether oxygens (including phenoxy) is 6. The van der Waals surface area contributed by atoms with Crippen LogP contribution in [0.25, 0.3) is 0 Å². The Hall–Kier alpha value is -3.58. The van der Waals surface area contributed by atoms with Crippen LogP contribution in [0, 0.1) is 0 Å². The minimum atomic E-state index is -1.73. The van der Waals surface area contributed by atoms with Crippen LogP contribution in [0.1, 0.15) is 84.0 Å². The molecule has 452 valence electrons. The number of hydrogen-bond acceptors (Lipinski definition) is 26. The van der Waals surface area contributed by atoms with Crippen molar-refractivity contribution in [1.29, 1.82) is 0 Å². The highest BCUT2D eigenvalue weighted by Crippen LogP contribution is 2.24. The summed E-state index contributed by atoms with van der Waals surface area (Å²) in [5, 5.41) is 131. The zero-order valence-corrected chi connectivity index (χ0v) is 44.1. The van der Waals surface area contributed by atoms with Crippen LogP contribution in [0.5, 0.6) is 0 Å². The smallest absolute Gasteiger partial charge is 0.237 e. The first-order chi connectivity index (χ1) is 37.2. The van der Waals surface area contributed by atoms with Crippen molar-refractivity contribution >= 4 is 35.2 Å². The van der Waals surface area contributed by atoms with Gasteiger partial charge < -0.3 is 117 Å². The second kappa shape index (κ2) is 36.7. The number of amides is 4. The SMILES string of the molecule is CC(=O)[C@H](CCCCN)NC(=O)CCCCC(=O)CCCCC[C@H](C(=O)NCCO[C@H]1O[C@H](CO)[C@@H](O)[C@H](O)[C@@H]1O)N(CC(=O)NCCO[C@H]1O[C@H](CO)[C@@H](O)[C@H](O)[C@@H]1O)CC(=O)NCCO[C@H]1O[C@H](CO)[C@@H](O)[C@H](O)[C@@H]1O. The van der Waals surface area contributed by atoms with Gasteiger partial charge in [0.1, 0.15) is 79.0 Å². The van der Waals surface area contributed by atoms with E-state index in [1.54, 1.807) is 0 Å². The van der Waals surface area contributed by atoms with Crippen LogP contribution in [-0.2, 0) is 57.2 Å². The molecule has 0 unspecified atom stereocenters. The molecular weight excluding hydrogens is 1040 g/mol. The summed E-state index contributed by atoms with van der Waals surface area (Å²) in [6.07, 6.45) is -19.2. The number of unbranched alkanes of at least 4 members (excludes halogenated alkanes) is 4. The molecule has 0 spiro atoms. The van der Waals surface area contributed by atoms with E-state index in [2.05, 4.69) is 21.3 Å². The first kappa shape index (κ1) is 68.7. The van der Waals surface area contributed by atoms with Crippen LogP contribution in [0.3, 0.4) is 0 Å². The van der Waals surface area contributed by atoms with Gasteiger partial charge in [-0.3, -0.25) is 33.7 Å². The zero-order valence-electron chi connectivity index (χ0n) is 44.1. The predicted molar refractivity (Wildman–Crippen MR) is 266 cm³/mol. The van der Waals surface area contributed by atoms with E-state index < -0.39 is 155 Å². The number of nitrogens with zero attached hydrogens (tertiary/aromatic N) is 1. The summed E-state index contributed by atoms with van der Waals surface area (Å²) in [4.78, 5) is 79.8. The number of hydrogen-bond donors (Lipinski definition) is 17. The molecule has 3 saturated heterocycles. The molecule has 0 aromatic rings. The summed E-state index contributed by atoms with van der Waals surface area (Å²) in [6, 6.07) is -1.84. The average molecular weight is 1130 g/mol. The number of nitrogens with one attached hydrogen (secondary N) is 4. The lowest BCUT2D eigenvalue weighted by atomic mass is 9.99. The van der Waals surface area contributed by atoms with Crippen LogP contribution in [0.2, 0.25) is 0 Å². The van der Waals surface area contributed by atoms with Crippen molar-refractivity contribution in [3.63, 3.8) is 0 Å². The Bertz CT molecular complexity index is 1730. The van der Waals surface area contributed by atoms with Gasteiger partial charge in [0.25, 0.3) is 0 Å². The second-order valence-corrected chi connectivity index (χ2v) is 19.5. The summed E-state index contributed by atoms with van der Waals surface area (Å²) in [5.41, 5.74) is 5.53. The van der Waals surface area contributed by atoms with Crippen molar-refractivity contribution in [3.05, 3.63) is 0 Å².